The molecule has 1 aliphatic rings. The Balaban J connectivity index is 1.70. The van der Waals surface area contributed by atoms with Crippen LogP contribution in [-0.2, 0) is 9.53 Å². The molecule has 1 fully saturated rings. The molecule has 138 valence electrons. The van der Waals surface area contributed by atoms with Crippen LogP contribution in [0.5, 0.6) is 0 Å². The Hall–Kier alpha value is -2.73. The third-order valence-electron chi connectivity index (χ3n) is 4.71. The van der Waals surface area contributed by atoms with Gasteiger partial charge in [0.15, 0.2) is 0 Å². The molecule has 0 radical (unpaired) electrons. The minimum Gasteiger partial charge on any atom is -0.462 e. The summed E-state index contributed by atoms with van der Waals surface area (Å²) in [5, 5.41) is 2.51. The van der Waals surface area contributed by atoms with E-state index in [1.54, 1.807) is 12.4 Å². The number of carbonyl (C=O) groups excluding carboxylic acids is 1. The highest BCUT2D eigenvalue weighted by Crippen LogP contribution is 2.31. The van der Waals surface area contributed by atoms with Crippen molar-refractivity contribution in [1.29, 1.82) is 0 Å². The Morgan fingerprint density at radius 3 is 2.78 bits per heavy atom. The van der Waals surface area contributed by atoms with Crippen LogP contribution in [-0.4, -0.2) is 40.1 Å². The van der Waals surface area contributed by atoms with Crippen LogP contribution in [0.25, 0.3) is 22.0 Å². The van der Waals surface area contributed by atoms with Crippen LogP contribution in [0.3, 0.4) is 0 Å². The second kappa shape index (κ2) is 7.48. The molecule has 1 saturated heterocycles. The van der Waals surface area contributed by atoms with Gasteiger partial charge >= 0.3 is 5.97 Å². The van der Waals surface area contributed by atoms with Crippen LogP contribution in [0.1, 0.15) is 19.8 Å². The summed E-state index contributed by atoms with van der Waals surface area (Å²) in [7, 11) is 0. The third-order valence-corrected chi connectivity index (χ3v) is 4.91. The molecule has 0 spiro atoms. The van der Waals surface area contributed by atoms with Gasteiger partial charge in [-0.15, -0.1) is 0 Å². The molecule has 6 nitrogen and oxygen atoms in total. The van der Waals surface area contributed by atoms with E-state index in [9.17, 15) is 4.79 Å². The van der Waals surface area contributed by atoms with E-state index in [1.807, 2.05) is 30.5 Å². The van der Waals surface area contributed by atoms with Gasteiger partial charge in [0.1, 0.15) is 17.1 Å². The summed E-state index contributed by atoms with van der Waals surface area (Å²) in [5.41, 5.74) is 1.74. The van der Waals surface area contributed by atoms with E-state index in [2.05, 4.69) is 14.9 Å². The average molecular weight is 383 g/mol. The minimum atomic E-state index is -0.223. The summed E-state index contributed by atoms with van der Waals surface area (Å²) in [6, 6.07) is 7.71. The second-order valence-electron chi connectivity index (χ2n) is 6.59. The van der Waals surface area contributed by atoms with E-state index < -0.39 is 0 Å². The Labute approximate surface area is 162 Å². The number of aromatic nitrogens is 3. The van der Waals surface area contributed by atoms with E-state index in [-0.39, 0.29) is 12.1 Å². The summed E-state index contributed by atoms with van der Waals surface area (Å²) in [6.07, 6.45) is 6.87. The first-order valence-electron chi connectivity index (χ1n) is 8.89. The number of piperidine rings is 1. The fourth-order valence-electron chi connectivity index (χ4n) is 3.45. The van der Waals surface area contributed by atoms with Crippen LogP contribution in [0.2, 0.25) is 5.15 Å². The first kappa shape index (κ1) is 17.7. The molecule has 4 heterocycles. The molecule has 1 aliphatic heterocycles. The van der Waals surface area contributed by atoms with E-state index in [0.717, 1.165) is 53.8 Å². The zero-order valence-corrected chi connectivity index (χ0v) is 15.7. The van der Waals surface area contributed by atoms with Crippen LogP contribution in [0.15, 0.2) is 42.9 Å². The van der Waals surface area contributed by atoms with Gasteiger partial charge in [-0.2, -0.15) is 0 Å². The molecule has 3 aromatic rings. The molecule has 0 atom stereocenters. The molecule has 3 aromatic heterocycles. The van der Waals surface area contributed by atoms with Gasteiger partial charge in [0, 0.05) is 67.8 Å². The number of hydrogen-bond acceptors (Lipinski definition) is 6. The summed E-state index contributed by atoms with van der Waals surface area (Å²) in [4.78, 5) is 26.7. The minimum absolute atomic E-state index is 0.0196. The molecule has 0 N–H and O–H groups in total. The largest absolute Gasteiger partial charge is 0.462 e. The van der Waals surface area contributed by atoms with E-state index >= 15 is 0 Å². The number of nitrogens with zero attached hydrogens (tertiary/aromatic N) is 4. The predicted molar refractivity (Wildman–Crippen MR) is 105 cm³/mol. The Bertz CT molecular complexity index is 987. The number of anilines is 1. The van der Waals surface area contributed by atoms with Gasteiger partial charge in [-0.25, -0.2) is 9.97 Å². The Morgan fingerprint density at radius 1 is 1.22 bits per heavy atom. The van der Waals surface area contributed by atoms with E-state index in [0.29, 0.717) is 5.15 Å². The maximum absolute atomic E-state index is 11.2. The van der Waals surface area contributed by atoms with Crippen molar-refractivity contribution >= 4 is 34.2 Å². The van der Waals surface area contributed by atoms with Gasteiger partial charge in [-0.3, -0.25) is 9.78 Å². The van der Waals surface area contributed by atoms with Crippen molar-refractivity contribution in [2.75, 3.05) is 18.0 Å². The van der Waals surface area contributed by atoms with Crippen molar-refractivity contribution < 1.29 is 9.53 Å². The lowest BCUT2D eigenvalue weighted by atomic mass is 10.1. The topological polar surface area (TPSA) is 68.2 Å². The number of esters is 1. The van der Waals surface area contributed by atoms with E-state index in [1.165, 1.54) is 6.92 Å². The highest BCUT2D eigenvalue weighted by Gasteiger charge is 2.24. The molecular formula is C20H19ClN4O2. The number of ether oxygens (including phenoxy) is 1. The van der Waals surface area contributed by atoms with Crippen LogP contribution >= 0.6 is 11.6 Å². The lowest BCUT2D eigenvalue weighted by Gasteiger charge is -2.33. The van der Waals surface area contributed by atoms with Gasteiger partial charge in [0.2, 0.25) is 0 Å². The van der Waals surface area contributed by atoms with Gasteiger partial charge in [-0.1, -0.05) is 11.6 Å². The van der Waals surface area contributed by atoms with Crippen molar-refractivity contribution in [1.82, 2.24) is 15.0 Å². The molecule has 0 aromatic carbocycles. The molecule has 0 aliphatic carbocycles. The molecule has 0 unspecified atom stereocenters. The molecule has 7 heteroatoms. The maximum Gasteiger partial charge on any atom is 0.302 e. The molecule has 4 rings (SSSR count). The second-order valence-corrected chi connectivity index (χ2v) is 6.98. The van der Waals surface area contributed by atoms with Gasteiger partial charge in [-0.05, 0) is 24.3 Å². The van der Waals surface area contributed by atoms with Gasteiger partial charge < -0.3 is 9.64 Å². The quantitative estimate of drug-likeness (QED) is 0.506. The van der Waals surface area contributed by atoms with Gasteiger partial charge in [0.25, 0.3) is 0 Å². The number of pyridine rings is 3. The third kappa shape index (κ3) is 3.85. The van der Waals surface area contributed by atoms with Crippen LogP contribution in [0, 0.1) is 0 Å². The van der Waals surface area contributed by atoms with Crippen molar-refractivity contribution in [3.05, 3.63) is 48.0 Å². The number of rotatable bonds is 3. The lowest BCUT2D eigenvalue weighted by Crippen LogP contribution is -2.38. The van der Waals surface area contributed by atoms with Crippen molar-refractivity contribution in [3.63, 3.8) is 0 Å². The fraction of sp³-hybridized carbons (Fsp3) is 0.300. The fourth-order valence-corrected chi connectivity index (χ4v) is 3.62. The highest BCUT2D eigenvalue weighted by molar-refractivity contribution is 6.29. The highest BCUT2D eigenvalue weighted by atomic mass is 35.5. The number of fused-ring (bicyclic) bond motifs is 1. The van der Waals surface area contributed by atoms with Gasteiger partial charge in [0.05, 0.1) is 5.69 Å². The molecular weight excluding hydrogens is 364 g/mol. The first-order chi connectivity index (χ1) is 13.1. The summed E-state index contributed by atoms with van der Waals surface area (Å²) >= 11 is 6.06. The molecule has 0 amide bonds. The SMILES string of the molecule is CC(=O)OC1CCN(c2nc(-c3ccnc(Cl)c3)cc3cnccc23)CC1. The summed E-state index contributed by atoms with van der Waals surface area (Å²) in [6.45, 7) is 3.02. The maximum atomic E-state index is 11.2. The average Bonchev–Trinajstić information content (AvgIpc) is 2.67. The zero-order chi connectivity index (χ0) is 18.8. The zero-order valence-electron chi connectivity index (χ0n) is 14.9. The van der Waals surface area contributed by atoms with Crippen molar-refractivity contribution in [2.45, 2.75) is 25.9 Å². The van der Waals surface area contributed by atoms with Crippen molar-refractivity contribution in [3.8, 4) is 11.3 Å². The smallest absolute Gasteiger partial charge is 0.302 e. The van der Waals surface area contributed by atoms with Crippen molar-refractivity contribution in [2.24, 2.45) is 0 Å². The molecule has 27 heavy (non-hydrogen) atoms. The Morgan fingerprint density at radius 2 is 2.04 bits per heavy atom. The summed E-state index contributed by atoms with van der Waals surface area (Å²) in [5.74, 6) is 0.693. The molecule has 0 bridgehead atoms. The van der Waals surface area contributed by atoms with E-state index in [4.69, 9.17) is 21.3 Å². The first-order valence-corrected chi connectivity index (χ1v) is 9.27. The van der Waals surface area contributed by atoms with Crippen LogP contribution < -0.4 is 4.90 Å². The molecule has 0 saturated carbocycles. The van der Waals surface area contributed by atoms with Crippen LogP contribution in [0.4, 0.5) is 5.82 Å². The lowest BCUT2D eigenvalue weighted by molar-refractivity contribution is -0.147. The number of carbonyl (C=O) groups is 1. The standard InChI is InChI=1S/C20H19ClN4O2/c1-13(26)27-16-4-8-25(9-5-16)20-17-3-6-22-12-15(17)10-18(24-20)14-2-7-23-19(21)11-14/h2-3,6-7,10-12,16H,4-5,8-9H2,1H3. The normalized spacial score (nSPS) is 15.1. The number of hydrogen-bond donors (Lipinski definition) is 0. The predicted octanol–water partition coefficient (Wildman–Crippen LogP) is 3.88. The summed E-state index contributed by atoms with van der Waals surface area (Å²) < 4.78 is 5.35. The number of halogens is 1. The Kier molecular flexibility index (Phi) is 4.90. The monoisotopic (exact) mass is 382 g/mol.